The van der Waals surface area contributed by atoms with Crippen LogP contribution in [-0.4, -0.2) is 42.5 Å². The molecule has 0 saturated heterocycles. The minimum atomic E-state index is -1.08. The number of fused-ring (bicyclic) bond motifs is 1. The first-order valence-corrected chi connectivity index (χ1v) is 7.89. The second-order valence-corrected chi connectivity index (χ2v) is 6.29. The number of carboxylic acids is 1. The van der Waals surface area contributed by atoms with Crippen molar-refractivity contribution < 1.29 is 14.7 Å². The molecule has 0 unspecified atom stereocenters. The third-order valence-corrected chi connectivity index (χ3v) is 3.73. The van der Waals surface area contributed by atoms with Gasteiger partial charge in [-0.1, -0.05) is 13.8 Å². The molecule has 0 spiro atoms. The fourth-order valence-corrected chi connectivity index (χ4v) is 2.46. The Morgan fingerprint density at radius 3 is 2.56 bits per heavy atom. The second kappa shape index (κ2) is 7.32. The van der Waals surface area contributed by atoms with Crippen LogP contribution in [0.4, 0.5) is 0 Å². The van der Waals surface area contributed by atoms with Crippen molar-refractivity contribution in [1.29, 1.82) is 0 Å². The molecule has 0 fully saturated rings. The number of aromatic nitrogens is 4. The highest BCUT2D eigenvalue weighted by Gasteiger charge is 2.21. The molecule has 0 aromatic carbocycles. The average molecular weight is 351 g/mol. The number of H-pyrrole nitrogens is 2. The van der Waals surface area contributed by atoms with Gasteiger partial charge in [-0.05, 0) is 12.3 Å². The van der Waals surface area contributed by atoms with Crippen LogP contribution in [0.2, 0.25) is 0 Å². The quantitative estimate of drug-likeness (QED) is 0.528. The summed E-state index contributed by atoms with van der Waals surface area (Å²) in [5.41, 5.74) is -0.802. The molecule has 0 radical (unpaired) electrons. The van der Waals surface area contributed by atoms with Crippen molar-refractivity contribution in [2.24, 2.45) is 13.0 Å². The molecule has 1 atom stereocenters. The number of rotatable bonds is 7. The van der Waals surface area contributed by atoms with Gasteiger partial charge in [-0.3, -0.25) is 19.1 Å². The number of amides is 1. The fourth-order valence-electron chi connectivity index (χ4n) is 2.46. The summed E-state index contributed by atoms with van der Waals surface area (Å²) in [5, 5.41) is 11.6. The van der Waals surface area contributed by atoms with Crippen molar-refractivity contribution in [3.8, 4) is 0 Å². The molecule has 10 nitrogen and oxygen atoms in total. The molecule has 2 aromatic rings. The van der Waals surface area contributed by atoms with Gasteiger partial charge in [0.1, 0.15) is 17.4 Å². The van der Waals surface area contributed by atoms with Crippen LogP contribution < -0.4 is 16.6 Å². The predicted octanol–water partition coefficient (Wildman–Crippen LogP) is -0.502. The molecule has 136 valence electrons. The number of hydrogen-bond donors (Lipinski definition) is 4. The first-order chi connectivity index (χ1) is 11.7. The monoisotopic (exact) mass is 351 g/mol. The number of aliphatic carboxylic acids is 1. The van der Waals surface area contributed by atoms with Crippen LogP contribution in [0.25, 0.3) is 11.2 Å². The first-order valence-electron chi connectivity index (χ1n) is 7.89. The van der Waals surface area contributed by atoms with E-state index in [2.05, 4.69) is 20.3 Å². The van der Waals surface area contributed by atoms with Gasteiger partial charge in [0.05, 0.1) is 0 Å². The van der Waals surface area contributed by atoms with E-state index in [4.69, 9.17) is 5.11 Å². The van der Waals surface area contributed by atoms with Gasteiger partial charge in [-0.25, -0.2) is 14.6 Å². The summed E-state index contributed by atoms with van der Waals surface area (Å²) in [6.07, 6.45) is 0.527. The van der Waals surface area contributed by atoms with Crippen molar-refractivity contribution in [3.05, 3.63) is 26.7 Å². The zero-order chi connectivity index (χ0) is 18.7. The van der Waals surface area contributed by atoms with Gasteiger partial charge in [0.15, 0.2) is 5.65 Å². The molecule has 2 aromatic heterocycles. The number of aromatic amines is 2. The molecule has 4 N–H and O–H groups in total. The summed E-state index contributed by atoms with van der Waals surface area (Å²) in [6, 6.07) is -0.938. The Balaban J connectivity index is 2.07. The summed E-state index contributed by atoms with van der Waals surface area (Å²) in [7, 11) is 1.47. The van der Waals surface area contributed by atoms with Crippen LogP contribution in [0.3, 0.4) is 0 Å². The largest absolute Gasteiger partial charge is 0.480 e. The van der Waals surface area contributed by atoms with E-state index in [9.17, 15) is 19.2 Å². The van der Waals surface area contributed by atoms with E-state index in [1.165, 1.54) is 11.6 Å². The summed E-state index contributed by atoms with van der Waals surface area (Å²) < 4.78 is 1.19. The maximum atomic E-state index is 12.0. The minimum Gasteiger partial charge on any atom is -0.480 e. The average Bonchev–Trinajstić information content (AvgIpc) is 2.94. The molecule has 1 amide bonds. The van der Waals surface area contributed by atoms with Gasteiger partial charge < -0.3 is 15.4 Å². The highest BCUT2D eigenvalue weighted by Crippen LogP contribution is 2.08. The Morgan fingerprint density at radius 2 is 1.96 bits per heavy atom. The molecule has 2 heterocycles. The molecule has 0 bridgehead atoms. The first kappa shape index (κ1) is 18.4. The van der Waals surface area contributed by atoms with Crippen LogP contribution in [0.5, 0.6) is 0 Å². The molecular formula is C15H21N5O5. The molecule has 10 heteroatoms. The van der Waals surface area contributed by atoms with Gasteiger partial charge in [0.25, 0.3) is 5.56 Å². The molecule has 0 aliphatic carbocycles. The minimum absolute atomic E-state index is 0.00749. The lowest BCUT2D eigenvalue weighted by atomic mass is 10.0. The number of nitrogens with one attached hydrogen (secondary N) is 3. The summed E-state index contributed by atoms with van der Waals surface area (Å²) in [4.78, 5) is 55.5. The Bertz CT molecular complexity index is 907. The number of nitrogens with zero attached hydrogens (tertiary/aromatic N) is 2. The number of carbonyl (C=O) groups excluding carboxylic acids is 1. The zero-order valence-corrected chi connectivity index (χ0v) is 14.3. The van der Waals surface area contributed by atoms with E-state index in [1.807, 2.05) is 13.8 Å². The van der Waals surface area contributed by atoms with Crippen LogP contribution in [0.15, 0.2) is 9.59 Å². The third kappa shape index (κ3) is 4.34. The Labute approximate surface area is 142 Å². The summed E-state index contributed by atoms with van der Waals surface area (Å²) in [5.74, 6) is -0.999. The number of hydrogen-bond acceptors (Lipinski definition) is 5. The standard InChI is InChI=1S/C15H21N5O5/c1-7(2)6-8(14(23)24)16-10(21)5-4-9-17-11-12(18-9)20(3)15(25)19-13(11)22/h7-8H,4-6H2,1-3H3,(H,16,21)(H,17,18)(H,23,24)(H,19,22,25)/t8-/m1/s1. The van der Waals surface area contributed by atoms with E-state index >= 15 is 0 Å². The van der Waals surface area contributed by atoms with E-state index in [1.54, 1.807) is 0 Å². The lowest BCUT2D eigenvalue weighted by Gasteiger charge is -2.16. The van der Waals surface area contributed by atoms with Crippen molar-refractivity contribution in [3.63, 3.8) is 0 Å². The van der Waals surface area contributed by atoms with Gasteiger partial charge in [0.2, 0.25) is 5.91 Å². The van der Waals surface area contributed by atoms with Crippen LogP contribution in [0, 0.1) is 5.92 Å². The Morgan fingerprint density at radius 1 is 1.28 bits per heavy atom. The fraction of sp³-hybridized carbons (Fsp3) is 0.533. The summed E-state index contributed by atoms with van der Waals surface area (Å²) in [6.45, 7) is 3.75. The van der Waals surface area contributed by atoms with Crippen LogP contribution in [0.1, 0.15) is 32.5 Å². The maximum absolute atomic E-state index is 12.0. The van der Waals surface area contributed by atoms with Crippen molar-refractivity contribution in [2.45, 2.75) is 39.2 Å². The second-order valence-electron chi connectivity index (χ2n) is 6.29. The molecule has 0 aliphatic rings. The van der Waals surface area contributed by atoms with Gasteiger partial charge in [-0.2, -0.15) is 0 Å². The highest BCUT2D eigenvalue weighted by atomic mass is 16.4. The number of carbonyl (C=O) groups is 2. The van der Waals surface area contributed by atoms with Gasteiger partial charge >= 0.3 is 11.7 Å². The Hall–Kier alpha value is -2.91. The third-order valence-electron chi connectivity index (χ3n) is 3.73. The molecule has 2 rings (SSSR count). The summed E-state index contributed by atoms with van der Waals surface area (Å²) >= 11 is 0. The van der Waals surface area contributed by atoms with E-state index in [-0.39, 0.29) is 29.9 Å². The normalized spacial score (nSPS) is 12.5. The Kier molecular flexibility index (Phi) is 5.40. The topological polar surface area (TPSA) is 150 Å². The van der Waals surface area contributed by atoms with E-state index in [0.29, 0.717) is 12.2 Å². The van der Waals surface area contributed by atoms with Gasteiger partial charge in [0, 0.05) is 19.9 Å². The van der Waals surface area contributed by atoms with Crippen LogP contribution >= 0.6 is 0 Å². The molecular weight excluding hydrogens is 330 g/mol. The molecule has 0 aliphatic heterocycles. The molecule has 25 heavy (non-hydrogen) atoms. The van der Waals surface area contributed by atoms with E-state index in [0.717, 1.165) is 0 Å². The highest BCUT2D eigenvalue weighted by molar-refractivity contribution is 5.83. The number of carboxylic acid groups (broad SMARTS) is 1. The zero-order valence-electron chi connectivity index (χ0n) is 14.3. The smallest absolute Gasteiger partial charge is 0.329 e. The van der Waals surface area contributed by atoms with Gasteiger partial charge in [-0.15, -0.1) is 0 Å². The van der Waals surface area contributed by atoms with Crippen LogP contribution in [-0.2, 0) is 23.1 Å². The lowest BCUT2D eigenvalue weighted by Crippen LogP contribution is -2.41. The SMILES string of the molecule is CC(C)C[C@@H](NC(=O)CCc1nc2c([nH]1)c(=O)[nH]c(=O)n2C)C(=O)O. The predicted molar refractivity (Wildman–Crippen MR) is 89.3 cm³/mol. The molecule has 0 saturated carbocycles. The van der Waals surface area contributed by atoms with Crippen molar-refractivity contribution in [2.75, 3.05) is 0 Å². The van der Waals surface area contributed by atoms with Crippen molar-refractivity contribution >= 4 is 23.0 Å². The number of imidazole rings is 1. The number of aryl methyl sites for hydroxylation is 2. The maximum Gasteiger partial charge on any atom is 0.329 e. The van der Waals surface area contributed by atoms with E-state index < -0.39 is 29.2 Å². The van der Waals surface area contributed by atoms with Crippen molar-refractivity contribution in [1.82, 2.24) is 24.8 Å². The lowest BCUT2D eigenvalue weighted by molar-refractivity contribution is -0.142.